The Bertz CT molecular complexity index is 813. The monoisotopic (exact) mass is 397 g/mol. The van der Waals surface area contributed by atoms with Crippen LogP contribution < -0.4 is 16.4 Å². The maximum Gasteiger partial charge on any atom is 0.265 e. The van der Waals surface area contributed by atoms with Crippen molar-refractivity contribution in [3.05, 3.63) is 18.0 Å². The minimum Gasteiger partial charge on any atom is -0.364 e. The van der Waals surface area contributed by atoms with Gasteiger partial charge >= 0.3 is 0 Å². The average Bonchev–Trinajstić information content (AvgIpc) is 3.30. The van der Waals surface area contributed by atoms with E-state index in [4.69, 9.17) is 5.73 Å². The Morgan fingerprint density at radius 1 is 1.33 bits per heavy atom. The standard InChI is InChI=1S/C17H27N5O4S/c1-21-11-13(8-15(21)16(18)23)27(25,26)22-7-3-4-12(10-22)9-20-17(24)14-5-2-6-19-14/h8,11-12,14,19H,2-7,9-10H2,1H3,(H2,18,23)(H,20,24). The minimum absolute atomic E-state index is 0.0124. The van der Waals surface area contributed by atoms with Gasteiger partial charge in [0.15, 0.2) is 0 Å². The molecule has 1 aromatic rings. The highest BCUT2D eigenvalue weighted by Crippen LogP contribution is 2.24. The molecule has 3 heterocycles. The van der Waals surface area contributed by atoms with E-state index in [1.54, 1.807) is 7.05 Å². The average molecular weight is 398 g/mol. The van der Waals surface area contributed by atoms with E-state index in [0.717, 1.165) is 32.2 Å². The summed E-state index contributed by atoms with van der Waals surface area (Å²) >= 11 is 0. The summed E-state index contributed by atoms with van der Waals surface area (Å²) < 4.78 is 28.7. The fourth-order valence-corrected chi connectivity index (χ4v) is 5.38. The van der Waals surface area contributed by atoms with Crippen LogP contribution in [0.5, 0.6) is 0 Å². The van der Waals surface area contributed by atoms with Crippen LogP contribution in [0.3, 0.4) is 0 Å². The predicted molar refractivity (Wildman–Crippen MR) is 99.4 cm³/mol. The summed E-state index contributed by atoms with van der Waals surface area (Å²) in [5, 5.41) is 6.10. The number of sulfonamides is 1. The van der Waals surface area contributed by atoms with Gasteiger partial charge in [0.2, 0.25) is 15.9 Å². The third-order valence-electron chi connectivity index (χ3n) is 5.29. The molecule has 2 amide bonds. The van der Waals surface area contributed by atoms with Crippen molar-refractivity contribution in [1.82, 2.24) is 19.5 Å². The Labute approximate surface area is 159 Å². The molecule has 2 aliphatic rings. The van der Waals surface area contributed by atoms with Gasteiger partial charge in [-0.1, -0.05) is 0 Å². The first kappa shape index (κ1) is 19.8. The molecule has 2 saturated heterocycles. The van der Waals surface area contributed by atoms with Crippen molar-refractivity contribution < 1.29 is 18.0 Å². The van der Waals surface area contributed by atoms with Gasteiger partial charge in [0.25, 0.3) is 5.91 Å². The van der Waals surface area contributed by atoms with Crippen LogP contribution in [0.15, 0.2) is 17.2 Å². The highest BCUT2D eigenvalue weighted by molar-refractivity contribution is 7.89. The number of amides is 2. The largest absolute Gasteiger partial charge is 0.364 e. The van der Waals surface area contributed by atoms with Gasteiger partial charge in [-0.05, 0) is 44.2 Å². The van der Waals surface area contributed by atoms with E-state index in [2.05, 4.69) is 10.6 Å². The third-order valence-corrected chi connectivity index (χ3v) is 7.12. The van der Waals surface area contributed by atoms with Crippen molar-refractivity contribution in [2.24, 2.45) is 18.7 Å². The zero-order valence-corrected chi connectivity index (χ0v) is 16.3. The summed E-state index contributed by atoms with van der Waals surface area (Å²) in [6.45, 7) is 2.10. The van der Waals surface area contributed by atoms with Crippen molar-refractivity contribution in [2.75, 3.05) is 26.2 Å². The van der Waals surface area contributed by atoms with Gasteiger partial charge in [-0.25, -0.2) is 8.42 Å². The lowest BCUT2D eigenvalue weighted by Gasteiger charge is -2.32. The quantitative estimate of drug-likeness (QED) is 0.590. The summed E-state index contributed by atoms with van der Waals surface area (Å²) in [6.07, 6.45) is 4.85. The second-order valence-electron chi connectivity index (χ2n) is 7.30. The topological polar surface area (TPSA) is 127 Å². The number of carbonyl (C=O) groups is 2. The molecule has 10 heteroatoms. The number of primary amides is 1. The number of nitrogens with two attached hydrogens (primary N) is 1. The zero-order valence-electron chi connectivity index (χ0n) is 15.5. The van der Waals surface area contributed by atoms with Gasteiger partial charge in [0.05, 0.1) is 6.04 Å². The molecular weight excluding hydrogens is 370 g/mol. The highest BCUT2D eigenvalue weighted by atomic mass is 32.2. The van der Waals surface area contributed by atoms with Crippen molar-refractivity contribution in [3.63, 3.8) is 0 Å². The van der Waals surface area contributed by atoms with E-state index in [1.165, 1.54) is 21.1 Å². The van der Waals surface area contributed by atoms with Crippen molar-refractivity contribution in [3.8, 4) is 0 Å². The smallest absolute Gasteiger partial charge is 0.265 e. The molecule has 0 spiro atoms. The van der Waals surface area contributed by atoms with Crippen LogP contribution in [0, 0.1) is 5.92 Å². The van der Waals surface area contributed by atoms with Crippen LogP contribution >= 0.6 is 0 Å². The molecule has 2 unspecified atom stereocenters. The molecule has 27 heavy (non-hydrogen) atoms. The summed E-state index contributed by atoms with van der Waals surface area (Å²) in [5.74, 6) is -0.612. The first-order chi connectivity index (χ1) is 12.8. The Morgan fingerprint density at radius 3 is 2.74 bits per heavy atom. The molecule has 9 nitrogen and oxygen atoms in total. The Morgan fingerprint density at radius 2 is 2.11 bits per heavy atom. The number of piperidine rings is 1. The van der Waals surface area contributed by atoms with Crippen LogP contribution in [-0.2, 0) is 21.9 Å². The maximum atomic E-state index is 12.9. The summed E-state index contributed by atoms with van der Waals surface area (Å²) in [7, 11) is -2.12. The molecule has 0 radical (unpaired) electrons. The van der Waals surface area contributed by atoms with Crippen molar-refractivity contribution in [1.29, 1.82) is 0 Å². The number of hydrogen-bond donors (Lipinski definition) is 3. The number of aromatic nitrogens is 1. The molecule has 0 bridgehead atoms. The lowest BCUT2D eigenvalue weighted by Crippen LogP contribution is -2.46. The molecule has 150 valence electrons. The molecule has 2 atom stereocenters. The third kappa shape index (κ3) is 4.33. The van der Waals surface area contributed by atoms with Gasteiger partial charge in [-0.3, -0.25) is 9.59 Å². The normalized spacial score (nSPS) is 24.0. The zero-order chi connectivity index (χ0) is 19.6. The molecule has 2 aliphatic heterocycles. The van der Waals surface area contributed by atoms with Gasteiger partial charge < -0.3 is 20.9 Å². The molecule has 3 rings (SSSR count). The molecule has 0 aliphatic carbocycles. The van der Waals surface area contributed by atoms with Crippen LogP contribution in [0.25, 0.3) is 0 Å². The van der Waals surface area contributed by atoms with Gasteiger partial charge in [0, 0.05) is 32.9 Å². The van der Waals surface area contributed by atoms with Crippen LogP contribution in [0.2, 0.25) is 0 Å². The van der Waals surface area contributed by atoms with Crippen molar-refractivity contribution >= 4 is 21.8 Å². The van der Waals surface area contributed by atoms with Crippen LogP contribution in [0.4, 0.5) is 0 Å². The number of nitrogens with zero attached hydrogens (tertiary/aromatic N) is 2. The number of carbonyl (C=O) groups excluding carboxylic acids is 2. The van der Waals surface area contributed by atoms with E-state index in [9.17, 15) is 18.0 Å². The van der Waals surface area contributed by atoms with Gasteiger partial charge in [-0.2, -0.15) is 4.31 Å². The first-order valence-corrected chi connectivity index (χ1v) is 10.7. The summed E-state index contributed by atoms with van der Waals surface area (Å²) in [6, 6.07) is 1.18. The molecule has 4 N–H and O–H groups in total. The van der Waals surface area contributed by atoms with Gasteiger partial charge in [-0.15, -0.1) is 0 Å². The van der Waals surface area contributed by atoms with E-state index in [-0.39, 0.29) is 28.5 Å². The maximum absolute atomic E-state index is 12.9. The van der Waals surface area contributed by atoms with Crippen LogP contribution in [0.1, 0.15) is 36.2 Å². The Balaban J connectivity index is 1.63. The second kappa shape index (κ2) is 7.99. The van der Waals surface area contributed by atoms with Crippen molar-refractivity contribution in [2.45, 2.75) is 36.6 Å². The Hall–Kier alpha value is -1.91. The molecular formula is C17H27N5O4S. The first-order valence-electron chi connectivity index (χ1n) is 9.26. The van der Waals surface area contributed by atoms with Gasteiger partial charge in [0.1, 0.15) is 10.6 Å². The minimum atomic E-state index is -3.70. The number of rotatable bonds is 6. The van der Waals surface area contributed by atoms with E-state index in [0.29, 0.717) is 19.6 Å². The molecule has 1 aromatic heterocycles. The molecule has 0 saturated carbocycles. The lowest BCUT2D eigenvalue weighted by molar-refractivity contribution is -0.123. The fraction of sp³-hybridized carbons (Fsp3) is 0.647. The SMILES string of the molecule is Cn1cc(S(=O)(=O)N2CCCC(CNC(=O)C3CCCN3)C2)cc1C(N)=O. The summed E-state index contributed by atoms with van der Waals surface area (Å²) in [5.41, 5.74) is 5.43. The second-order valence-corrected chi connectivity index (χ2v) is 9.24. The number of aryl methyl sites for hydroxylation is 1. The Kier molecular flexibility index (Phi) is 5.87. The van der Waals surface area contributed by atoms with E-state index >= 15 is 0 Å². The van der Waals surface area contributed by atoms with Crippen LogP contribution in [-0.4, -0.2) is 61.3 Å². The van der Waals surface area contributed by atoms with E-state index < -0.39 is 15.9 Å². The fourth-order valence-electron chi connectivity index (χ4n) is 3.76. The van der Waals surface area contributed by atoms with E-state index in [1.807, 2.05) is 0 Å². The summed E-state index contributed by atoms with van der Waals surface area (Å²) in [4.78, 5) is 23.6. The number of nitrogens with one attached hydrogen (secondary N) is 2. The molecule has 0 aromatic carbocycles. The number of hydrogen-bond acceptors (Lipinski definition) is 5. The highest BCUT2D eigenvalue weighted by Gasteiger charge is 2.32. The predicted octanol–water partition coefficient (Wildman–Crippen LogP) is -0.607. The lowest BCUT2D eigenvalue weighted by atomic mass is 9.99. The molecule has 2 fully saturated rings.